The fourth-order valence-corrected chi connectivity index (χ4v) is 2.31. The number of nitro groups is 1. The van der Waals surface area contributed by atoms with Gasteiger partial charge in [-0.3, -0.25) is 15.0 Å². The van der Waals surface area contributed by atoms with Gasteiger partial charge in [-0.2, -0.15) is 0 Å². The number of nitrogens with two attached hydrogens (primary N) is 1. The number of anilines is 1. The Bertz CT molecular complexity index is 656. The maximum Gasteiger partial charge on any atom is 0.292 e. The number of rotatable bonds is 5. The number of hydrogen-bond donors (Lipinski definition) is 1. The summed E-state index contributed by atoms with van der Waals surface area (Å²) in [6, 6.07) is 13.1. The molecule has 0 heterocycles. The van der Waals surface area contributed by atoms with Gasteiger partial charge in [0.1, 0.15) is 5.69 Å². The molecule has 21 heavy (non-hydrogen) atoms. The quantitative estimate of drug-likeness (QED) is 0.520. The molecule has 5 nitrogen and oxygen atoms in total. The van der Waals surface area contributed by atoms with Crippen molar-refractivity contribution >= 4 is 11.4 Å². The van der Waals surface area contributed by atoms with Crippen LogP contribution in [0.2, 0.25) is 0 Å². The van der Waals surface area contributed by atoms with E-state index in [-0.39, 0.29) is 11.4 Å². The molecular formula is C16H19N3O2. The molecule has 2 N–H and O–H groups in total. The zero-order valence-corrected chi connectivity index (χ0v) is 12.2. The summed E-state index contributed by atoms with van der Waals surface area (Å²) in [7, 11) is 2.02. The number of nitrogens with zero attached hydrogens (tertiary/aromatic N) is 2. The van der Waals surface area contributed by atoms with E-state index in [1.165, 1.54) is 17.2 Å². The van der Waals surface area contributed by atoms with Gasteiger partial charge < -0.3 is 5.73 Å². The summed E-state index contributed by atoms with van der Waals surface area (Å²) in [4.78, 5) is 12.4. The molecule has 0 aliphatic rings. The standard InChI is InChI=1S/C16H19N3O2/c1-12-5-3-4-6-14(12)11-18(2)10-13-7-8-16(19(20)21)15(17)9-13/h3-9H,10-11,17H2,1-2H3. The van der Waals surface area contributed by atoms with Crippen molar-refractivity contribution in [3.05, 3.63) is 69.3 Å². The lowest BCUT2D eigenvalue weighted by molar-refractivity contribution is -0.383. The molecule has 0 atom stereocenters. The van der Waals surface area contributed by atoms with E-state index in [0.29, 0.717) is 6.54 Å². The Morgan fingerprint density at radius 3 is 2.52 bits per heavy atom. The summed E-state index contributed by atoms with van der Waals surface area (Å²) < 4.78 is 0. The highest BCUT2D eigenvalue weighted by Gasteiger charge is 2.12. The number of hydrogen-bond acceptors (Lipinski definition) is 4. The zero-order chi connectivity index (χ0) is 15.4. The molecule has 0 saturated heterocycles. The first-order valence-corrected chi connectivity index (χ1v) is 6.73. The van der Waals surface area contributed by atoms with Crippen LogP contribution in [0, 0.1) is 17.0 Å². The van der Waals surface area contributed by atoms with E-state index in [0.717, 1.165) is 12.1 Å². The minimum Gasteiger partial charge on any atom is -0.393 e. The second kappa shape index (κ2) is 6.37. The summed E-state index contributed by atoms with van der Waals surface area (Å²) in [6.45, 7) is 3.60. The van der Waals surface area contributed by atoms with Gasteiger partial charge >= 0.3 is 0 Å². The summed E-state index contributed by atoms with van der Waals surface area (Å²) in [6.07, 6.45) is 0. The first kappa shape index (κ1) is 15.0. The Morgan fingerprint density at radius 2 is 1.90 bits per heavy atom. The molecule has 0 aliphatic carbocycles. The van der Waals surface area contributed by atoms with E-state index >= 15 is 0 Å². The number of benzene rings is 2. The topological polar surface area (TPSA) is 72.4 Å². The van der Waals surface area contributed by atoms with Gasteiger partial charge in [-0.25, -0.2) is 0 Å². The normalized spacial score (nSPS) is 10.8. The van der Waals surface area contributed by atoms with E-state index in [1.807, 2.05) is 19.2 Å². The van der Waals surface area contributed by atoms with Crippen LogP contribution in [0.1, 0.15) is 16.7 Å². The fraction of sp³-hybridized carbons (Fsp3) is 0.250. The Labute approximate surface area is 124 Å². The molecule has 0 aliphatic heterocycles. The average Bonchev–Trinajstić information content (AvgIpc) is 2.41. The van der Waals surface area contributed by atoms with Crippen LogP contribution in [0.15, 0.2) is 42.5 Å². The van der Waals surface area contributed by atoms with E-state index in [1.54, 1.807) is 12.1 Å². The Morgan fingerprint density at radius 1 is 1.19 bits per heavy atom. The molecule has 0 fully saturated rings. The fourth-order valence-electron chi connectivity index (χ4n) is 2.31. The lowest BCUT2D eigenvalue weighted by atomic mass is 10.1. The summed E-state index contributed by atoms with van der Waals surface area (Å²) >= 11 is 0. The van der Waals surface area contributed by atoms with Crippen LogP contribution in [0.4, 0.5) is 11.4 Å². The SMILES string of the molecule is Cc1ccccc1CN(C)Cc1ccc([N+](=O)[O-])c(N)c1. The van der Waals surface area contributed by atoms with Gasteiger partial charge in [0.05, 0.1) is 4.92 Å². The van der Waals surface area contributed by atoms with Crippen molar-refractivity contribution in [2.24, 2.45) is 0 Å². The monoisotopic (exact) mass is 285 g/mol. The first-order chi connectivity index (χ1) is 9.97. The molecule has 0 saturated carbocycles. The molecule has 2 aromatic carbocycles. The number of nitro benzene ring substituents is 1. The van der Waals surface area contributed by atoms with Crippen molar-refractivity contribution in [1.82, 2.24) is 4.90 Å². The number of aryl methyl sites for hydroxylation is 1. The average molecular weight is 285 g/mol. The van der Waals surface area contributed by atoms with Crippen LogP contribution in [0.3, 0.4) is 0 Å². The van der Waals surface area contributed by atoms with Crippen LogP contribution < -0.4 is 5.73 Å². The van der Waals surface area contributed by atoms with E-state index < -0.39 is 4.92 Å². The van der Waals surface area contributed by atoms with Crippen molar-refractivity contribution in [3.8, 4) is 0 Å². The predicted octanol–water partition coefficient (Wildman–Crippen LogP) is 3.12. The van der Waals surface area contributed by atoms with Crippen LogP contribution in [0.25, 0.3) is 0 Å². The van der Waals surface area contributed by atoms with Crippen LogP contribution >= 0.6 is 0 Å². The highest BCUT2D eigenvalue weighted by atomic mass is 16.6. The van der Waals surface area contributed by atoms with Gasteiger partial charge in [-0.15, -0.1) is 0 Å². The third-order valence-electron chi connectivity index (χ3n) is 3.44. The molecule has 0 radical (unpaired) electrons. The lowest BCUT2D eigenvalue weighted by Crippen LogP contribution is -2.18. The summed E-state index contributed by atoms with van der Waals surface area (Å²) in [5.74, 6) is 0. The first-order valence-electron chi connectivity index (χ1n) is 6.73. The molecule has 0 aromatic heterocycles. The van der Waals surface area contributed by atoms with Crippen LogP contribution in [-0.2, 0) is 13.1 Å². The van der Waals surface area contributed by atoms with Gasteiger partial charge in [0.2, 0.25) is 0 Å². The molecule has 0 amide bonds. The second-order valence-corrected chi connectivity index (χ2v) is 5.25. The van der Waals surface area contributed by atoms with E-state index in [4.69, 9.17) is 5.73 Å². The lowest BCUT2D eigenvalue weighted by Gasteiger charge is -2.18. The molecule has 5 heteroatoms. The third-order valence-corrected chi connectivity index (χ3v) is 3.44. The highest BCUT2D eigenvalue weighted by molar-refractivity contribution is 5.59. The zero-order valence-electron chi connectivity index (χ0n) is 12.2. The highest BCUT2D eigenvalue weighted by Crippen LogP contribution is 2.23. The number of nitrogen functional groups attached to an aromatic ring is 1. The third kappa shape index (κ3) is 3.79. The maximum absolute atomic E-state index is 10.7. The Balaban J connectivity index is 2.06. The van der Waals surface area contributed by atoms with Gasteiger partial charge in [0.25, 0.3) is 5.69 Å². The molecule has 2 aromatic rings. The van der Waals surface area contributed by atoms with Gasteiger partial charge in [-0.1, -0.05) is 30.3 Å². The van der Waals surface area contributed by atoms with Crippen molar-refractivity contribution < 1.29 is 4.92 Å². The molecule has 0 bridgehead atoms. The van der Waals surface area contributed by atoms with Crippen LogP contribution in [0.5, 0.6) is 0 Å². The van der Waals surface area contributed by atoms with Gasteiger partial charge in [0.15, 0.2) is 0 Å². The van der Waals surface area contributed by atoms with Crippen LogP contribution in [-0.4, -0.2) is 16.9 Å². The summed E-state index contributed by atoms with van der Waals surface area (Å²) in [5, 5.41) is 10.7. The molecule has 110 valence electrons. The van der Waals surface area contributed by atoms with E-state index in [2.05, 4.69) is 24.0 Å². The second-order valence-electron chi connectivity index (χ2n) is 5.25. The van der Waals surface area contributed by atoms with Crippen molar-refractivity contribution in [2.75, 3.05) is 12.8 Å². The largest absolute Gasteiger partial charge is 0.393 e. The van der Waals surface area contributed by atoms with Gasteiger partial charge in [-0.05, 0) is 36.7 Å². The van der Waals surface area contributed by atoms with Crippen molar-refractivity contribution in [1.29, 1.82) is 0 Å². The van der Waals surface area contributed by atoms with E-state index in [9.17, 15) is 10.1 Å². The molecular weight excluding hydrogens is 266 g/mol. The minimum absolute atomic E-state index is 0.0414. The van der Waals surface area contributed by atoms with Gasteiger partial charge in [0, 0.05) is 19.2 Å². The Kier molecular flexibility index (Phi) is 4.55. The van der Waals surface area contributed by atoms with Crippen molar-refractivity contribution in [3.63, 3.8) is 0 Å². The molecule has 0 unspecified atom stereocenters. The summed E-state index contributed by atoms with van der Waals surface area (Å²) in [5.41, 5.74) is 9.38. The maximum atomic E-state index is 10.7. The minimum atomic E-state index is -0.462. The van der Waals surface area contributed by atoms with Crippen molar-refractivity contribution in [2.45, 2.75) is 20.0 Å². The molecule has 2 rings (SSSR count). The Hall–Kier alpha value is -2.40. The molecule has 0 spiro atoms. The predicted molar refractivity (Wildman–Crippen MR) is 83.9 cm³/mol. The smallest absolute Gasteiger partial charge is 0.292 e.